The maximum atomic E-state index is 12.6. The van der Waals surface area contributed by atoms with Crippen molar-refractivity contribution in [3.63, 3.8) is 0 Å². The third-order valence-corrected chi connectivity index (χ3v) is 5.37. The molecule has 0 spiro atoms. The minimum Gasteiger partial charge on any atom is -0.492 e. The van der Waals surface area contributed by atoms with Crippen molar-refractivity contribution < 1.29 is 9.53 Å². The number of rotatable bonds is 7. The number of ether oxygens (including phenoxy) is 1. The molecule has 3 aromatic heterocycles. The summed E-state index contributed by atoms with van der Waals surface area (Å²) >= 11 is 0. The summed E-state index contributed by atoms with van der Waals surface area (Å²) in [6.45, 7) is 1.57. The number of aromatic nitrogens is 5. The van der Waals surface area contributed by atoms with Crippen molar-refractivity contribution in [2.45, 2.75) is 19.5 Å². The number of imidazole rings is 1. The van der Waals surface area contributed by atoms with Crippen LogP contribution in [0.1, 0.15) is 27.2 Å². The van der Waals surface area contributed by atoms with Crippen LogP contribution < -0.4 is 15.4 Å². The van der Waals surface area contributed by atoms with Gasteiger partial charge in [-0.3, -0.25) is 9.89 Å². The summed E-state index contributed by atoms with van der Waals surface area (Å²) in [5, 5.41) is 13.2. The second-order valence-electron chi connectivity index (χ2n) is 7.68. The third-order valence-electron chi connectivity index (χ3n) is 5.37. The molecule has 3 N–H and O–H groups in total. The zero-order valence-corrected chi connectivity index (χ0v) is 17.6. The van der Waals surface area contributed by atoms with Gasteiger partial charge in [0.2, 0.25) is 0 Å². The van der Waals surface area contributed by atoms with Crippen molar-refractivity contribution in [3.8, 4) is 16.9 Å². The first-order valence-corrected chi connectivity index (χ1v) is 10.4. The molecule has 1 aliphatic rings. The molecule has 162 valence electrons. The Morgan fingerprint density at radius 2 is 2.19 bits per heavy atom. The fraction of sp³-hybridized carbons (Fsp3) is 0.217. The van der Waals surface area contributed by atoms with Crippen molar-refractivity contribution in [3.05, 3.63) is 77.8 Å². The van der Waals surface area contributed by atoms with Crippen molar-refractivity contribution in [2.75, 3.05) is 11.9 Å². The van der Waals surface area contributed by atoms with Gasteiger partial charge in [-0.1, -0.05) is 12.1 Å². The molecule has 4 heterocycles. The fourth-order valence-electron chi connectivity index (χ4n) is 3.78. The molecule has 0 bridgehead atoms. The SMILES string of the molecule is Cn1cnc(CNC(=O)c2cccc(CNc3ncc(-c4cn[nH]c4)c4c3CCO4)c2)c1. The van der Waals surface area contributed by atoms with E-state index in [2.05, 4.69) is 30.8 Å². The molecule has 0 atom stereocenters. The minimum atomic E-state index is -0.130. The number of nitrogens with one attached hydrogen (secondary N) is 3. The number of aryl methyl sites for hydroxylation is 1. The molecule has 0 saturated carbocycles. The topological polar surface area (TPSA) is 110 Å². The van der Waals surface area contributed by atoms with E-state index in [4.69, 9.17) is 4.74 Å². The van der Waals surface area contributed by atoms with Crippen LogP contribution in [-0.2, 0) is 26.6 Å². The Morgan fingerprint density at radius 3 is 3.00 bits per heavy atom. The van der Waals surface area contributed by atoms with Crippen LogP contribution in [0.25, 0.3) is 11.1 Å². The Kier molecular flexibility index (Phi) is 5.29. The van der Waals surface area contributed by atoms with Crippen LogP contribution in [0, 0.1) is 0 Å². The van der Waals surface area contributed by atoms with Gasteiger partial charge in [-0.05, 0) is 17.7 Å². The maximum Gasteiger partial charge on any atom is 0.251 e. The molecule has 0 radical (unpaired) electrons. The van der Waals surface area contributed by atoms with Crippen LogP contribution >= 0.6 is 0 Å². The molecular weight excluding hydrogens is 406 g/mol. The Labute approximate surface area is 184 Å². The summed E-state index contributed by atoms with van der Waals surface area (Å²) < 4.78 is 7.73. The molecule has 9 nitrogen and oxygen atoms in total. The second kappa shape index (κ2) is 8.54. The lowest BCUT2D eigenvalue weighted by Gasteiger charge is -2.12. The van der Waals surface area contributed by atoms with E-state index >= 15 is 0 Å². The van der Waals surface area contributed by atoms with Gasteiger partial charge in [0, 0.05) is 60.9 Å². The number of anilines is 1. The van der Waals surface area contributed by atoms with E-state index in [0.29, 0.717) is 25.3 Å². The number of hydrogen-bond acceptors (Lipinski definition) is 6. The molecular formula is C23H23N7O2. The van der Waals surface area contributed by atoms with Crippen LogP contribution in [-0.4, -0.2) is 37.2 Å². The standard InChI is InChI=1S/C23H23N7O2/c1-30-13-18(27-14-30)11-26-23(31)16-4-2-3-15(7-16)8-24-22-19-5-6-32-21(19)20(12-25-22)17-9-28-29-10-17/h2-4,7,9-10,12-14H,5-6,8,11H2,1H3,(H,24,25)(H,26,31)(H,28,29). The quantitative estimate of drug-likeness (QED) is 0.417. The molecule has 4 aromatic rings. The zero-order valence-electron chi connectivity index (χ0n) is 17.6. The summed E-state index contributed by atoms with van der Waals surface area (Å²) in [7, 11) is 1.90. The van der Waals surface area contributed by atoms with Gasteiger partial charge in [0.15, 0.2) is 0 Å². The smallest absolute Gasteiger partial charge is 0.251 e. The number of pyridine rings is 1. The normalized spacial score (nSPS) is 12.3. The highest BCUT2D eigenvalue weighted by atomic mass is 16.5. The first-order chi connectivity index (χ1) is 15.7. The second-order valence-corrected chi connectivity index (χ2v) is 7.68. The molecule has 32 heavy (non-hydrogen) atoms. The summed E-state index contributed by atoms with van der Waals surface area (Å²) in [4.78, 5) is 21.4. The van der Waals surface area contributed by atoms with Gasteiger partial charge in [0.25, 0.3) is 5.91 Å². The minimum absolute atomic E-state index is 0.130. The monoisotopic (exact) mass is 429 g/mol. The van der Waals surface area contributed by atoms with Gasteiger partial charge >= 0.3 is 0 Å². The molecule has 9 heteroatoms. The average Bonchev–Trinajstić information content (AvgIpc) is 3.58. The highest BCUT2D eigenvalue weighted by Crippen LogP contribution is 2.39. The van der Waals surface area contributed by atoms with Crippen LogP contribution in [0.5, 0.6) is 5.75 Å². The number of fused-ring (bicyclic) bond motifs is 1. The zero-order chi connectivity index (χ0) is 21.9. The lowest BCUT2D eigenvalue weighted by molar-refractivity contribution is 0.0950. The van der Waals surface area contributed by atoms with E-state index in [1.54, 1.807) is 24.8 Å². The van der Waals surface area contributed by atoms with Gasteiger partial charge in [-0.25, -0.2) is 9.97 Å². The largest absolute Gasteiger partial charge is 0.492 e. The number of carbonyl (C=O) groups excluding carboxylic acids is 1. The molecule has 1 aromatic carbocycles. The fourth-order valence-corrected chi connectivity index (χ4v) is 3.78. The van der Waals surface area contributed by atoms with E-state index in [1.807, 2.05) is 42.2 Å². The van der Waals surface area contributed by atoms with Gasteiger partial charge in [0.05, 0.1) is 31.4 Å². The number of aromatic amines is 1. The Hall–Kier alpha value is -4.14. The van der Waals surface area contributed by atoms with Gasteiger partial charge in [0.1, 0.15) is 11.6 Å². The molecule has 0 fully saturated rings. The molecule has 1 amide bonds. The van der Waals surface area contributed by atoms with Crippen molar-refractivity contribution in [1.82, 2.24) is 30.0 Å². The highest BCUT2D eigenvalue weighted by molar-refractivity contribution is 5.94. The van der Waals surface area contributed by atoms with E-state index < -0.39 is 0 Å². The van der Waals surface area contributed by atoms with Crippen LogP contribution in [0.3, 0.4) is 0 Å². The molecule has 5 rings (SSSR count). The van der Waals surface area contributed by atoms with Gasteiger partial charge in [-0.15, -0.1) is 0 Å². The number of H-pyrrole nitrogens is 1. The Morgan fingerprint density at radius 1 is 1.25 bits per heavy atom. The summed E-state index contributed by atoms with van der Waals surface area (Å²) in [6, 6.07) is 7.56. The Bertz CT molecular complexity index is 1250. The van der Waals surface area contributed by atoms with Crippen LogP contribution in [0.2, 0.25) is 0 Å². The Balaban J connectivity index is 1.26. The molecule has 1 aliphatic heterocycles. The van der Waals surface area contributed by atoms with E-state index in [1.165, 1.54) is 0 Å². The first-order valence-electron chi connectivity index (χ1n) is 10.4. The number of hydrogen-bond donors (Lipinski definition) is 3. The summed E-state index contributed by atoms with van der Waals surface area (Å²) in [5.74, 6) is 1.52. The lowest BCUT2D eigenvalue weighted by Crippen LogP contribution is -2.23. The summed E-state index contributed by atoms with van der Waals surface area (Å²) in [6.07, 6.45) is 9.79. The average molecular weight is 429 g/mol. The van der Waals surface area contributed by atoms with Crippen LogP contribution in [0.15, 0.2) is 55.4 Å². The van der Waals surface area contributed by atoms with Crippen molar-refractivity contribution in [2.24, 2.45) is 7.05 Å². The van der Waals surface area contributed by atoms with Crippen molar-refractivity contribution >= 4 is 11.7 Å². The molecule has 0 aliphatic carbocycles. The van der Waals surface area contributed by atoms with Crippen molar-refractivity contribution in [1.29, 1.82) is 0 Å². The predicted octanol–water partition coefficient (Wildman–Crippen LogP) is 2.68. The molecule has 0 saturated heterocycles. The number of amides is 1. The third kappa shape index (κ3) is 4.04. The molecule has 0 unspecified atom stereocenters. The van der Waals surface area contributed by atoms with E-state index in [9.17, 15) is 4.79 Å². The van der Waals surface area contributed by atoms with Gasteiger partial charge in [-0.2, -0.15) is 5.10 Å². The number of benzene rings is 1. The predicted molar refractivity (Wildman–Crippen MR) is 119 cm³/mol. The summed E-state index contributed by atoms with van der Waals surface area (Å²) in [5.41, 5.74) is 5.36. The first kappa shape index (κ1) is 19.8. The van der Waals surface area contributed by atoms with Gasteiger partial charge < -0.3 is 19.9 Å². The lowest BCUT2D eigenvalue weighted by atomic mass is 10.1. The highest BCUT2D eigenvalue weighted by Gasteiger charge is 2.22. The number of nitrogens with zero attached hydrogens (tertiary/aromatic N) is 4. The van der Waals surface area contributed by atoms with Crippen LogP contribution in [0.4, 0.5) is 5.82 Å². The van der Waals surface area contributed by atoms with E-state index in [-0.39, 0.29) is 5.91 Å². The maximum absolute atomic E-state index is 12.6. The number of carbonyl (C=O) groups is 1. The van der Waals surface area contributed by atoms with E-state index in [0.717, 1.165) is 45.9 Å².